The summed E-state index contributed by atoms with van der Waals surface area (Å²) in [6.45, 7) is 0. The van der Waals surface area contributed by atoms with Crippen LogP contribution in [0.15, 0.2) is 24.3 Å². The standard InChI is InChI=1S/C21H7Cl5O7/c22-7-1-5-11(3-9(7)27)32-12-4-10(28)8(23)2-6(12)21(5)15-13(19(29)30)16(24)18(26)17(25)14(15)20(31)33-21/h1-4,27-28H,(H,29,30). The van der Waals surface area contributed by atoms with Gasteiger partial charge in [-0.25, -0.2) is 9.59 Å². The maximum Gasteiger partial charge on any atom is 0.341 e. The van der Waals surface area contributed by atoms with Crippen LogP contribution in [0, 0.1) is 0 Å². The minimum Gasteiger partial charge on any atom is -0.506 e. The fourth-order valence-corrected chi connectivity index (χ4v) is 5.19. The monoisotopic (exact) mass is 546 g/mol. The number of ether oxygens (including phenoxy) is 2. The highest BCUT2D eigenvalue weighted by atomic mass is 35.5. The summed E-state index contributed by atoms with van der Waals surface area (Å²) in [5.41, 5.74) is -2.99. The number of carboxylic acids is 1. The summed E-state index contributed by atoms with van der Waals surface area (Å²) in [7, 11) is 0. The van der Waals surface area contributed by atoms with E-state index in [4.69, 9.17) is 67.5 Å². The number of carboxylic acid groups (broad SMARTS) is 1. The fraction of sp³-hybridized carbons (Fsp3) is 0.0476. The van der Waals surface area contributed by atoms with Gasteiger partial charge in [-0.05, 0) is 12.1 Å². The number of hydrogen-bond donors (Lipinski definition) is 3. The van der Waals surface area contributed by atoms with E-state index >= 15 is 0 Å². The molecule has 0 fully saturated rings. The molecule has 2 aliphatic rings. The Labute approximate surface area is 209 Å². The van der Waals surface area contributed by atoms with Gasteiger partial charge >= 0.3 is 11.9 Å². The van der Waals surface area contributed by atoms with Crippen molar-refractivity contribution in [2.75, 3.05) is 0 Å². The van der Waals surface area contributed by atoms with E-state index in [9.17, 15) is 24.9 Å². The molecule has 0 atom stereocenters. The molecule has 0 radical (unpaired) electrons. The van der Waals surface area contributed by atoms with Gasteiger partial charge in [0.25, 0.3) is 0 Å². The van der Waals surface area contributed by atoms with Crippen molar-refractivity contribution in [1.29, 1.82) is 0 Å². The highest BCUT2D eigenvalue weighted by Crippen LogP contribution is 2.61. The number of phenols is 2. The Morgan fingerprint density at radius 2 is 1.33 bits per heavy atom. The van der Waals surface area contributed by atoms with E-state index in [1.54, 1.807) is 0 Å². The number of carbonyl (C=O) groups is 2. The van der Waals surface area contributed by atoms with E-state index in [1.165, 1.54) is 12.1 Å². The van der Waals surface area contributed by atoms with E-state index < -0.39 is 28.1 Å². The van der Waals surface area contributed by atoms with Gasteiger partial charge in [-0.1, -0.05) is 58.0 Å². The second-order valence-electron chi connectivity index (χ2n) is 7.14. The number of esters is 1. The Balaban J connectivity index is 2.04. The average molecular weight is 549 g/mol. The summed E-state index contributed by atoms with van der Waals surface area (Å²) >= 11 is 31.0. The zero-order valence-electron chi connectivity index (χ0n) is 15.7. The number of carbonyl (C=O) groups excluding carboxylic acids is 1. The topological polar surface area (TPSA) is 113 Å². The zero-order chi connectivity index (χ0) is 24.0. The molecule has 2 heterocycles. The van der Waals surface area contributed by atoms with Gasteiger partial charge in [0.15, 0.2) is 5.60 Å². The minimum atomic E-state index is -2.02. The molecule has 0 saturated carbocycles. The lowest BCUT2D eigenvalue weighted by atomic mass is 9.75. The molecule has 0 amide bonds. The molecule has 168 valence electrons. The molecule has 0 aromatic heterocycles. The molecule has 3 aromatic carbocycles. The lowest BCUT2D eigenvalue weighted by molar-refractivity contribution is 0.0218. The first-order valence-electron chi connectivity index (χ1n) is 8.90. The van der Waals surface area contributed by atoms with Crippen LogP contribution in [0.5, 0.6) is 23.0 Å². The lowest BCUT2D eigenvalue weighted by Gasteiger charge is -2.37. The number of halogens is 5. The molecule has 1 spiro atoms. The van der Waals surface area contributed by atoms with Gasteiger partial charge < -0.3 is 24.8 Å². The van der Waals surface area contributed by atoms with Crippen LogP contribution in [-0.4, -0.2) is 27.3 Å². The van der Waals surface area contributed by atoms with Crippen LogP contribution in [0.1, 0.15) is 37.4 Å². The molecule has 2 aliphatic heterocycles. The predicted octanol–water partition coefficient (Wildman–Crippen LogP) is 6.63. The Bertz CT molecular complexity index is 1390. The van der Waals surface area contributed by atoms with E-state index in [1.807, 2.05) is 0 Å². The first-order valence-corrected chi connectivity index (χ1v) is 10.8. The van der Waals surface area contributed by atoms with Gasteiger partial charge in [0.05, 0.1) is 36.2 Å². The smallest absolute Gasteiger partial charge is 0.341 e. The predicted molar refractivity (Wildman–Crippen MR) is 120 cm³/mol. The van der Waals surface area contributed by atoms with Gasteiger partial charge in [-0.15, -0.1) is 0 Å². The number of aromatic carboxylic acids is 1. The largest absolute Gasteiger partial charge is 0.506 e. The Hall–Kier alpha value is -2.55. The number of aromatic hydroxyl groups is 2. The maximum atomic E-state index is 13.1. The lowest BCUT2D eigenvalue weighted by Crippen LogP contribution is -2.34. The summed E-state index contributed by atoms with van der Waals surface area (Å²) in [5.74, 6) is -3.31. The second-order valence-corrected chi connectivity index (χ2v) is 9.09. The molecule has 0 aliphatic carbocycles. The first-order chi connectivity index (χ1) is 15.5. The summed E-state index contributed by atoms with van der Waals surface area (Å²) < 4.78 is 11.6. The highest BCUT2D eigenvalue weighted by Gasteiger charge is 2.57. The molecule has 3 aromatic rings. The highest BCUT2D eigenvalue weighted by molar-refractivity contribution is 6.50. The van der Waals surface area contributed by atoms with Crippen molar-refractivity contribution in [1.82, 2.24) is 0 Å². The van der Waals surface area contributed by atoms with Crippen molar-refractivity contribution in [3.05, 3.63) is 77.2 Å². The van der Waals surface area contributed by atoms with Crippen molar-refractivity contribution >= 4 is 69.9 Å². The third kappa shape index (κ3) is 2.84. The summed E-state index contributed by atoms with van der Waals surface area (Å²) in [6, 6.07) is 4.81. The molecule has 0 unspecified atom stereocenters. The summed E-state index contributed by atoms with van der Waals surface area (Å²) in [4.78, 5) is 25.4. The van der Waals surface area contributed by atoms with Crippen molar-refractivity contribution in [3.63, 3.8) is 0 Å². The van der Waals surface area contributed by atoms with Crippen molar-refractivity contribution in [3.8, 4) is 23.0 Å². The van der Waals surface area contributed by atoms with Crippen LogP contribution in [0.25, 0.3) is 0 Å². The Morgan fingerprint density at radius 3 is 1.82 bits per heavy atom. The van der Waals surface area contributed by atoms with Crippen molar-refractivity contribution in [2.45, 2.75) is 5.60 Å². The zero-order valence-corrected chi connectivity index (χ0v) is 19.5. The molecule has 7 nitrogen and oxygen atoms in total. The fourth-order valence-electron chi connectivity index (χ4n) is 4.09. The van der Waals surface area contributed by atoms with Gasteiger partial charge in [0.2, 0.25) is 0 Å². The van der Waals surface area contributed by atoms with E-state index in [-0.39, 0.29) is 65.3 Å². The second kappa shape index (κ2) is 7.22. The third-order valence-corrected chi connectivity index (χ3v) is 7.35. The van der Waals surface area contributed by atoms with Crippen LogP contribution in [0.3, 0.4) is 0 Å². The maximum absolute atomic E-state index is 13.1. The van der Waals surface area contributed by atoms with Crippen molar-refractivity contribution in [2.24, 2.45) is 0 Å². The normalized spacial score (nSPS) is 14.9. The average Bonchev–Trinajstić information content (AvgIpc) is 3.03. The van der Waals surface area contributed by atoms with Crippen LogP contribution in [0.4, 0.5) is 0 Å². The molecule has 0 saturated heterocycles. The van der Waals surface area contributed by atoms with Gasteiger partial charge in [-0.2, -0.15) is 0 Å². The molecular formula is C21H7Cl5O7. The van der Waals surface area contributed by atoms with E-state index in [0.29, 0.717) is 0 Å². The molecule has 5 rings (SSSR count). The number of phenolic OH excluding ortho intramolecular Hbond substituents is 2. The molecule has 33 heavy (non-hydrogen) atoms. The molecule has 3 N–H and O–H groups in total. The van der Waals surface area contributed by atoms with Crippen LogP contribution < -0.4 is 4.74 Å². The quantitative estimate of drug-likeness (QED) is 0.231. The van der Waals surface area contributed by atoms with Gasteiger partial charge in [0, 0.05) is 28.8 Å². The van der Waals surface area contributed by atoms with Gasteiger partial charge in [-0.3, -0.25) is 0 Å². The SMILES string of the molecule is O=C(O)c1c(Cl)c(Cl)c(Cl)c2c1C1(OC2=O)c2cc(Cl)c(O)cc2Oc2cc(O)c(Cl)cc21. The molecule has 0 bridgehead atoms. The summed E-state index contributed by atoms with van der Waals surface area (Å²) in [6.07, 6.45) is 0. The van der Waals surface area contributed by atoms with Crippen LogP contribution in [0.2, 0.25) is 25.1 Å². The number of benzene rings is 3. The van der Waals surface area contributed by atoms with Crippen LogP contribution >= 0.6 is 58.0 Å². The number of hydrogen-bond acceptors (Lipinski definition) is 6. The van der Waals surface area contributed by atoms with Crippen molar-refractivity contribution < 1.29 is 34.4 Å². The Kier molecular flexibility index (Phi) is 4.87. The number of rotatable bonds is 1. The first kappa shape index (κ1) is 22.3. The van der Waals surface area contributed by atoms with Gasteiger partial charge in [0.1, 0.15) is 23.0 Å². The van der Waals surface area contributed by atoms with E-state index in [2.05, 4.69) is 0 Å². The van der Waals surface area contributed by atoms with Crippen LogP contribution in [-0.2, 0) is 10.3 Å². The third-order valence-electron chi connectivity index (χ3n) is 5.42. The number of fused-ring (bicyclic) bond motifs is 6. The molecule has 12 heteroatoms. The van der Waals surface area contributed by atoms with E-state index in [0.717, 1.165) is 12.1 Å². The summed E-state index contributed by atoms with van der Waals surface area (Å²) in [5, 5.41) is 28.9. The Morgan fingerprint density at radius 1 is 0.818 bits per heavy atom. The minimum absolute atomic E-state index is 0.0368. The molecular weight excluding hydrogens is 541 g/mol.